The lowest BCUT2D eigenvalue weighted by Crippen LogP contribution is -2.22. The molecule has 2 N–H and O–H groups in total. The van der Waals surface area contributed by atoms with Gasteiger partial charge in [-0.05, 0) is 48.0 Å². The largest absolute Gasteiger partial charge is 0.504 e. The van der Waals surface area contributed by atoms with Gasteiger partial charge in [0.2, 0.25) is 0 Å². The number of aromatic hydroxyl groups is 1. The van der Waals surface area contributed by atoms with E-state index in [0.717, 1.165) is 5.56 Å². The van der Waals surface area contributed by atoms with Gasteiger partial charge in [0.1, 0.15) is 5.75 Å². The minimum Gasteiger partial charge on any atom is -0.504 e. The zero-order valence-corrected chi connectivity index (χ0v) is 16.2. The molecule has 7 heteroatoms. The Balaban J connectivity index is 1.78. The number of aromatic nitrogens is 1. The molecule has 144 valence electrons. The first-order valence-electron chi connectivity index (χ1n) is 8.46. The Hall–Kier alpha value is -3.25. The van der Waals surface area contributed by atoms with Crippen LogP contribution in [-0.4, -0.2) is 30.2 Å². The lowest BCUT2D eigenvalue weighted by molar-refractivity contribution is 0.0950. The topological polar surface area (TPSA) is 80.7 Å². The van der Waals surface area contributed by atoms with Crippen molar-refractivity contribution in [3.63, 3.8) is 0 Å². The molecule has 2 aromatic carbocycles. The number of nitrogens with one attached hydrogen (secondary N) is 1. The summed E-state index contributed by atoms with van der Waals surface area (Å²) in [4.78, 5) is 16.8. The normalized spacial score (nSPS) is 10.4. The summed E-state index contributed by atoms with van der Waals surface area (Å²) >= 11 is 6.22. The van der Waals surface area contributed by atoms with E-state index in [1.54, 1.807) is 48.7 Å². The summed E-state index contributed by atoms with van der Waals surface area (Å²) in [6, 6.07) is 13.5. The second-order valence-electron chi connectivity index (χ2n) is 5.94. The van der Waals surface area contributed by atoms with Crippen molar-refractivity contribution in [3.8, 4) is 28.5 Å². The van der Waals surface area contributed by atoms with E-state index in [1.807, 2.05) is 0 Å². The number of amides is 1. The highest BCUT2D eigenvalue weighted by molar-refractivity contribution is 6.33. The number of benzene rings is 2. The van der Waals surface area contributed by atoms with E-state index in [9.17, 15) is 9.90 Å². The number of ether oxygens (including phenoxy) is 2. The smallest absolute Gasteiger partial charge is 0.251 e. The molecule has 28 heavy (non-hydrogen) atoms. The Morgan fingerprint density at radius 1 is 1.11 bits per heavy atom. The lowest BCUT2D eigenvalue weighted by atomic mass is 10.1. The highest BCUT2D eigenvalue weighted by atomic mass is 35.5. The fourth-order valence-electron chi connectivity index (χ4n) is 2.73. The zero-order valence-electron chi connectivity index (χ0n) is 15.4. The fraction of sp³-hybridized carbons (Fsp3) is 0.143. The van der Waals surface area contributed by atoms with Crippen LogP contribution in [0.2, 0.25) is 5.02 Å². The first-order chi connectivity index (χ1) is 13.5. The Bertz CT molecular complexity index is 1010. The number of pyridine rings is 1. The third-order valence-corrected chi connectivity index (χ3v) is 4.48. The molecule has 0 radical (unpaired) electrons. The maximum absolute atomic E-state index is 12.5. The minimum atomic E-state index is -0.260. The van der Waals surface area contributed by atoms with Gasteiger partial charge in [-0.15, -0.1) is 0 Å². The number of methoxy groups -OCH3 is 2. The summed E-state index contributed by atoms with van der Waals surface area (Å²) in [5, 5.41) is 13.0. The number of carbonyl (C=O) groups excluding carboxylic acids is 1. The molecule has 1 amide bonds. The SMILES string of the molecule is COc1cc(CNC(=O)c2ccc(-c3ncccc3Cl)c(OC)c2)ccc1O. The van der Waals surface area contributed by atoms with Crippen LogP contribution in [0.4, 0.5) is 0 Å². The van der Waals surface area contributed by atoms with Gasteiger partial charge in [-0.2, -0.15) is 0 Å². The van der Waals surface area contributed by atoms with E-state index in [-0.39, 0.29) is 18.2 Å². The number of phenolic OH excluding ortho intramolecular Hbond substituents is 1. The Kier molecular flexibility index (Phi) is 6.01. The van der Waals surface area contributed by atoms with Crippen molar-refractivity contribution in [2.75, 3.05) is 14.2 Å². The number of nitrogens with zero attached hydrogens (tertiary/aromatic N) is 1. The molecule has 6 nitrogen and oxygen atoms in total. The number of halogens is 1. The van der Waals surface area contributed by atoms with Gasteiger partial charge < -0.3 is 19.9 Å². The van der Waals surface area contributed by atoms with Gasteiger partial charge >= 0.3 is 0 Å². The van der Waals surface area contributed by atoms with E-state index in [0.29, 0.717) is 33.3 Å². The third kappa shape index (κ3) is 4.18. The van der Waals surface area contributed by atoms with Crippen molar-refractivity contribution in [1.29, 1.82) is 0 Å². The molecule has 0 spiro atoms. The Morgan fingerprint density at radius 2 is 1.89 bits per heavy atom. The lowest BCUT2D eigenvalue weighted by Gasteiger charge is -2.12. The van der Waals surface area contributed by atoms with Crippen LogP contribution in [0.25, 0.3) is 11.3 Å². The molecule has 0 unspecified atom stereocenters. The van der Waals surface area contributed by atoms with Crippen LogP contribution in [0.15, 0.2) is 54.7 Å². The van der Waals surface area contributed by atoms with Crippen molar-refractivity contribution in [1.82, 2.24) is 10.3 Å². The highest BCUT2D eigenvalue weighted by Gasteiger charge is 2.14. The van der Waals surface area contributed by atoms with E-state index in [1.165, 1.54) is 20.3 Å². The average Bonchev–Trinajstić information content (AvgIpc) is 2.73. The van der Waals surface area contributed by atoms with Gasteiger partial charge in [0, 0.05) is 23.9 Å². The summed E-state index contributed by atoms with van der Waals surface area (Å²) in [7, 11) is 3.00. The number of carbonyl (C=O) groups is 1. The Morgan fingerprint density at radius 3 is 2.61 bits per heavy atom. The summed E-state index contributed by atoms with van der Waals surface area (Å²) in [6.07, 6.45) is 1.65. The van der Waals surface area contributed by atoms with Gasteiger partial charge in [-0.3, -0.25) is 9.78 Å². The molecule has 0 saturated carbocycles. The molecule has 0 fully saturated rings. The van der Waals surface area contributed by atoms with Crippen LogP contribution in [0.3, 0.4) is 0 Å². The Labute approximate surface area is 167 Å². The standard InChI is InChI=1S/C21H19ClN2O4/c1-27-18-11-14(6-7-15(18)20-16(22)4-3-9-23-20)21(26)24-12-13-5-8-17(25)19(10-13)28-2/h3-11,25H,12H2,1-2H3,(H,24,26). The van der Waals surface area contributed by atoms with Crippen molar-refractivity contribution in [3.05, 3.63) is 70.9 Å². The van der Waals surface area contributed by atoms with Crippen LogP contribution in [0.1, 0.15) is 15.9 Å². The molecular weight excluding hydrogens is 380 g/mol. The predicted octanol–water partition coefficient (Wildman–Crippen LogP) is 4.05. The van der Waals surface area contributed by atoms with E-state index in [2.05, 4.69) is 10.3 Å². The average molecular weight is 399 g/mol. The van der Waals surface area contributed by atoms with Gasteiger partial charge in [0.05, 0.1) is 24.9 Å². The second-order valence-corrected chi connectivity index (χ2v) is 6.34. The minimum absolute atomic E-state index is 0.0473. The van der Waals surface area contributed by atoms with E-state index < -0.39 is 0 Å². The molecule has 0 aliphatic heterocycles. The summed E-state index contributed by atoms with van der Waals surface area (Å²) in [5.74, 6) is 0.639. The maximum Gasteiger partial charge on any atom is 0.251 e. The first kappa shape index (κ1) is 19.5. The molecule has 3 rings (SSSR count). The maximum atomic E-state index is 12.5. The predicted molar refractivity (Wildman–Crippen MR) is 107 cm³/mol. The van der Waals surface area contributed by atoms with Gasteiger partial charge in [0.25, 0.3) is 5.91 Å². The highest BCUT2D eigenvalue weighted by Crippen LogP contribution is 2.33. The third-order valence-electron chi connectivity index (χ3n) is 4.17. The van der Waals surface area contributed by atoms with Crippen LogP contribution in [0, 0.1) is 0 Å². The zero-order chi connectivity index (χ0) is 20.1. The van der Waals surface area contributed by atoms with Gasteiger partial charge in [0.15, 0.2) is 11.5 Å². The molecule has 0 bridgehead atoms. The summed E-state index contributed by atoms with van der Waals surface area (Å²) < 4.78 is 10.5. The van der Waals surface area contributed by atoms with Crippen molar-refractivity contribution >= 4 is 17.5 Å². The molecule has 1 heterocycles. The molecular formula is C21H19ClN2O4. The van der Waals surface area contributed by atoms with Crippen LogP contribution in [-0.2, 0) is 6.54 Å². The van der Waals surface area contributed by atoms with Crippen molar-refractivity contribution in [2.45, 2.75) is 6.54 Å². The molecule has 0 atom stereocenters. The monoisotopic (exact) mass is 398 g/mol. The number of hydrogen-bond donors (Lipinski definition) is 2. The summed E-state index contributed by atoms with van der Waals surface area (Å²) in [6.45, 7) is 0.283. The number of phenols is 1. The van der Waals surface area contributed by atoms with E-state index in [4.69, 9.17) is 21.1 Å². The van der Waals surface area contributed by atoms with Crippen LogP contribution < -0.4 is 14.8 Å². The molecule has 0 aliphatic rings. The molecule has 3 aromatic rings. The number of hydrogen-bond acceptors (Lipinski definition) is 5. The molecule has 1 aromatic heterocycles. The van der Waals surface area contributed by atoms with Crippen LogP contribution in [0.5, 0.6) is 17.2 Å². The molecule has 0 saturated heterocycles. The number of rotatable bonds is 6. The summed E-state index contributed by atoms with van der Waals surface area (Å²) in [5.41, 5.74) is 2.53. The van der Waals surface area contributed by atoms with Crippen molar-refractivity contribution < 1.29 is 19.4 Å². The van der Waals surface area contributed by atoms with Gasteiger partial charge in [-0.25, -0.2) is 0 Å². The van der Waals surface area contributed by atoms with Crippen molar-refractivity contribution in [2.24, 2.45) is 0 Å². The van der Waals surface area contributed by atoms with Crippen LogP contribution >= 0.6 is 11.6 Å². The van der Waals surface area contributed by atoms with Gasteiger partial charge in [-0.1, -0.05) is 17.7 Å². The fourth-order valence-corrected chi connectivity index (χ4v) is 2.95. The first-order valence-corrected chi connectivity index (χ1v) is 8.84. The quantitative estimate of drug-likeness (QED) is 0.654. The second kappa shape index (κ2) is 8.63. The molecule has 0 aliphatic carbocycles. The van der Waals surface area contributed by atoms with E-state index >= 15 is 0 Å².